The summed E-state index contributed by atoms with van der Waals surface area (Å²) in [6, 6.07) is 4.40. The normalized spacial score (nSPS) is 14.7. The first kappa shape index (κ1) is 13.0. The highest BCUT2D eigenvalue weighted by molar-refractivity contribution is 7.21. The van der Waals surface area contributed by atoms with Crippen LogP contribution in [0.3, 0.4) is 0 Å². The fourth-order valence-corrected chi connectivity index (χ4v) is 4.18. The number of ether oxygens (including phenoxy) is 1. The molecule has 1 aliphatic carbocycles. The van der Waals surface area contributed by atoms with E-state index in [1.165, 1.54) is 0 Å². The number of carbonyl (C=O) groups excluding carboxylic acids is 1. The Morgan fingerprint density at radius 3 is 3.19 bits per heavy atom. The maximum Gasteiger partial charge on any atom is 0.258 e. The summed E-state index contributed by atoms with van der Waals surface area (Å²) in [5, 5.41) is 7.06. The Morgan fingerprint density at radius 2 is 2.38 bits per heavy atom. The molecule has 4 rings (SSSR count). The lowest BCUT2D eigenvalue weighted by Gasteiger charge is -2.08. The summed E-state index contributed by atoms with van der Waals surface area (Å²) in [5.41, 5.74) is 1.04. The second-order valence-electron chi connectivity index (χ2n) is 5.25. The van der Waals surface area contributed by atoms with E-state index in [-0.39, 0.29) is 12.5 Å². The topological polar surface area (TPSA) is 51.2 Å². The standard InChI is InChI=1S/C15H14N2O2S2/c1-8-16-14-12(21-8)6-11(10-4-5-20-15(10)14)19-7-13(18)17-9-2-3-9/h4-6,9H,2-3,7H2,1H3,(H,17,18). The fraction of sp³-hybridized carbons (Fsp3) is 0.333. The number of amides is 1. The largest absolute Gasteiger partial charge is 0.483 e. The van der Waals surface area contributed by atoms with Gasteiger partial charge in [-0.1, -0.05) is 0 Å². The number of carbonyl (C=O) groups is 1. The van der Waals surface area contributed by atoms with E-state index in [2.05, 4.69) is 10.3 Å². The van der Waals surface area contributed by atoms with Crippen LogP contribution in [0.2, 0.25) is 0 Å². The smallest absolute Gasteiger partial charge is 0.258 e. The first-order valence-corrected chi connectivity index (χ1v) is 8.60. The molecule has 0 bridgehead atoms. The zero-order chi connectivity index (χ0) is 14.4. The summed E-state index contributed by atoms with van der Waals surface area (Å²) in [7, 11) is 0. The number of hydrogen-bond acceptors (Lipinski definition) is 5. The molecule has 21 heavy (non-hydrogen) atoms. The lowest BCUT2D eigenvalue weighted by Crippen LogP contribution is -2.30. The van der Waals surface area contributed by atoms with Crippen molar-refractivity contribution in [3.63, 3.8) is 0 Å². The summed E-state index contributed by atoms with van der Waals surface area (Å²) in [4.78, 5) is 16.4. The van der Waals surface area contributed by atoms with E-state index < -0.39 is 0 Å². The van der Waals surface area contributed by atoms with Crippen molar-refractivity contribution in [2.45, 2.75) is 25.8 Å². The van der Waals surface area contributed by atoms with Crippen molar-refractivity contribution in [3.8, 4) is 5.75 Å². The van der Waals surface area contributed by atoms with Gasteiger partial charge in [0.15, 0.2) is 6.61 Å². The molecule has 2 aromatic heterocycles. The van der Waals surface area contributed by atoms with Gasteiger partial charge in [0.1, 0.15) is 5.75 Å². The quantitative estimate of drug-likeness (QED) is 0.801. The van der Waals surface area contributed by atoms with Gasteiger partial charge in [-0.15, -0.1) is 22.7 Å². The van der Waals surface area contributed by atoms with E-state index in [0.29, 0.717) is 6.04 Å². The van der Waals surface area contributed by atoms with E-state index in [0.717, 1.165) is 43.9 Å². The van der Waals surface area contributed by atoms with Crippen molar-refractivity contribution in [2.24, 2.45) is 0 Å². The minimum absolute atomic E-state index is 0.0403. The van der Waals surface area contributed by atoms with Crippen LogP contribution >= 0.6 is 22.7 Å². The number of hydrogen-bond donors (Lipinski definition) is 1. The number of fused-ring (bicyclic) bond motifs is 3. The molecular weight excluding hydrogens is 304 g/mol. The molecule has 0 aliphatic heterocycles. The Labute approximate surface area is 129 Å². The van der Waals surface area contributed by atoms with Crippen LogP contribution in [0.5, 0.6) is 5.75 Å². The van der Waals surface area contributed by atoms with Gasteiger partial charge >= 0.3 is 0 Å². The third-order valence-electron chi connectivity index (χ3n) is 3.47. The maximum absolute atomic E-state index is 11.8. The average molecular weight is 318 g/mol. The molecule has 4 nitrogen and oxygen atoms in total. The number of aryl methyl sites for hydroxylation is 1. The fourth-order valence-electron chi connectivity index (χ4n) is 2.35. The molecule has 0 spiro atoms. The number of aromatic nitrogens is 1. The number of thiazole rings is 1. The molecule has 2 heterocycles. The van der Waals surface area contributed by atoms with Crippen LogP contribution in [0.15, 0.2) is 17.5 Å². The highest BCUT2D eigenvalue weighted by Gasteiger charge is 2.23. The molecule has 0 unspecified atom stereocenters. The van der Waals surface area contributed by atoms with Crippen LogP contribution in [0.4, 0.5) is 0 Å². The predicted molar refractivity (Wildman–Crippen MR) is 86.4 cm³/mol. The molecule has 6 heteroatoms. The Balaban J connectivity index is 1.65. The van der Waals surface area contributed by atoms with Crippen LogP contribution < -0.4 is 10.1 Å². The third-order valence-corrected chi connectivity index (χ3v) is 5.31. The SMILES string of the molecule is Cc1nc2c(cc(OCC(=O)NC3CC3)c3ccsc32)s1. The lowest BCUT2D eigenvalue weighted by molar-refractivity contribution is -0.123. The zero-order valence-electron chi connectivity index (χ0n) is 11.5. The maximum atomic E-state index is 11.8. The van der Waals surface area contributed by atoms with Crippen molar-refractivity contribution in [1.29, 1.82) is 0 Å². The number of nitrogens with zero attached hydrogens (tertiary/aromatic N) is 1. The van der Waals surface area contributed by atoms with E-state index >= 15 is 0 Å². The first-order chi connectivity index (χ1) is 10.2. The molecule has 1 N–H and O–H groups in total. The molecule has 1 aliphatic rings. The summed E-state index contributed by atoms with van der Waals surface area (Å²) >= 11 is 3.32. The Morgan fingerprint density at radius 1 is 1.52 bits per heavy atom. The Kier molecular flexibility index (Phi) is 3.08. The molecule has 0 atom stereocenters. The second-order valence-corrected chi connectivity index (χ2v) is 7.40. The summed E-state index contributed by atoms with van der Waals surface area (Å²) in [5.74, 6) is 0.731. The molecule has 0 radical (unpaired) electrons. The van der Waals surface area contributed by atoms with E-state index in [4.69, 9.17) is 4.74 Å². The molecule has 1 saturated carbocycles. The summed E-state index contributed by atoms with van der Waals surface area (Å²) < 4.78 is 8.00. The van der Waals surface area contributed by atoms with E-state index in [9.17, 15) is 4.79 Å². The van der Waals surface area contributed by atoms with Crippen molar-refractivity contribution in [1.82, 2.24) is 10.3 Å². The highest BCUT2D eigenvalue weighted by Crippen LogP contribution is 2.38. The Hall–Kier alpha value is -1.66. The second kappa shape index (κ2) is 4.96. The van der Waals surface area contributed by atoms with Crippen LogP contribution in [0.25, 0.3) is 20.3 Å². The summed E-state index contributed by atoms with van der Waals surface area (Å²) in [6.07, 6.45) is 2.18. The molecule has 1 amide bonds. The highest BCUT2D eigenvalue weighted by atomic mass is 32.1. The van der Waals surface area contributed by atoms with Crippen LogP contribution in [0, 0.1) is 6.92 Å². The first-order valence-electron chi connectivity index (χ1n) is 6.90. The van der Waals surface area contributed by atoms with Gasteiger partial charge in [0.05, 0.1) is 19.9 Å². The van der Waals surface area contributed by atoms with Gasteiger partial charge in [0.25, 0.3) is 5.91 Å². The van der Waals surface area contributed by atoms with Crippen molar-refractivity contribution in [2.75, 3.05) is 6.61 Å². The minimum atomic E-state index is -0.0403. The number of benzene rings is 1. The lowest BCUT2D eigenvalue weighted by atomic mass is 10.2. The number of rotatable bonds is 4. The van der Waals surface area contributed by atoms with Crippen molar-refractivity contribution >= 4 is 48.9 Å². The number of thiophene rings is 1. The Bertz CT molecular complexity index is 833. The van der Waals surface area contributed by atoms with Gasteiger partial charge in [-0.2, -0.15) is 0 Å². The van der Waals surface area contributed by atoms with E-state index in [1.54, 1.807) is 22.7 Å². The van der Waals surface area contributed by atoms with Crippen molar-refractivity contribution in [3.05, 3.63) is 22.5 Å². The van der Waals surface area contributed by atoms with Gasteiger partial charge in [0, 0.05) is 17.5 Å². The number of nitrogens with one attached hydrogen (secondary N) is 1. The van der Waals surface area contributed by atoms with Crippen LogP contribution in [-0.4, -0.2) is 23.5 Å². The molecule has 3 aromatic rings. The molecule has 0 saturated heterocycles. The van der Waals surface area contributed by atoms with Crippen LogP contribution in [0.1, 0.15) is 17.8 Å². The van der Waals surface area contributed by atoms with Gasteiger partial charge in [-0.3, -0.25) is 4.79 Å². The zero-order valence-corrected chi connectivity index (χ0v) is 13.1. The van der Waals surface area contributed by atoms with Gasteiger partial charge in [0.2, 0.25) is 0 Å². The van der Waals surface area contributed by atoms with E-state index in [1.807, 2.05) is 24.4 Å². The van der Waals surface area contributed by atoms with Gasteiger partial charge in [-0.25, -0.2) is 4.98 Å². The average Bonchev–Trinajstić information content (AvgIpc) is 2.99. The third kappa shape index (κ3) is 2.49. The van der Waals surface area contributed by atoms with Gasteiger partial charge < -0.3 is 10.1 Å². The molecule has 1 fully saturated rings. The van der Waals surface area contributed by atoms with Crippen molar-refractivity contribution < 1.29 is 9.53 Å². The molecular formula is C15H14N2O2S2. The molecule has 1 aromatic carbocycles. The predicted octanol–water partition coefficient (Wildman–Crippen LogP) is 3.48. The van der Waals surface area contributed by atoms with Crippen LogP contribution in [-0.2, 0) is 4.79 Å². The monoisotopic (exact) mass is 318 g/mol. The molecule has 108 valence electrons. The van der Waals surface area contributed by atoms with Gasteiger partial charge in [-0.05, 0) is 31.2 Å². The minimum Gasteiger partial charge on any atom is -0.483 e. The summed E-state index contributed by atoms with van der Waals surface area (Å²) in [6.45, 7) is 2.08.